The Morgan fingerprint density at radius 3 is 2.90 bits per heavy atom. The number of piperazine rings is 1. The maximum absolute atomic E-state index is 9.48. The Balaban J connectivity index is 1.37. The zero-order valence-corrected chi connectivity index (χ0v) is 17.2. The van der Waals surface area contributed by atoms with E-state index in [0.717, 1.165) is 50.0 Å². The van der Waals surface area contributed by atoms with Crippen molar-refractivity contribution in [2.24, 2.45) is 5.92 Å². The fourth-order valence-corrected chi connectivity index (χ4v) is 5.38. The van der Waals surface area contributed by atoms with E-state index in [1.165, 1.54) is 28.1 Å². The largest absolute Gasteiger partial charge is 0.364 e. The molecule has 0 amide bonds. The number of nitrogens with one attached hydrogen (secondary N) is 1. The van der Waals surface area contributed by atoms with Gasteiger partial charge in [0.15, 0.2) is 0 Å². The molecule has 3 aliphatic heterocycles. The van der Waals surface area contributed by atoms with Gasteiger partial charge in [-0.1, -0.05) is 12.2 Å². The van der Waals surface area contributed by atoms with Crippen LogP contribution in [0.4, 0.5) is 5.69 Å². The van der Waals surface area contributed by atoms with Crippen LogP contribution < -0.4 is 10.2 Å². The summed E-state index contributed by atoms with van der Waals surface area (Å²) in [6.45, 7) is 7.52. The molecule has 2 aromatic rings. The van der Waals surface area contributed by atoms with Crippen molar-refractivity contribution in [2.75, 3.05) is 37.6 Å². The molecule has 5 nitrogen and oxygen atoms in total. The molecule has 1 N–H and O–H groups in total. The van der Waals surface area contributed by atoms with Gasteiger partial charge < -0.3 is 15.1 Å². The Kier molecular flexibility index (Phi) is 3.97. The van der Waals surface area contributed by atoms with Crippen LogP contribution in [0.5, 0.6) is 0 Å². The highest BCUT2D eigenvalue weighted by Crippen LogP contribution is 2.41. The molecule has 150 valence electrons. The summed E-state index contributed by atoms with van der Waals surface area (Å²) in [6.07, 6.45) is 7.74. The number of hydrogen-bond acceptors (Lipinski definition) is 5. The number of hydrogen-bond donors (Lipinski definition) is 1. The van der Waals surface area contributed by atoms with E-state index in [-0.39, 0.29) is 0 Å². The highest BCUT2D eigenvalue weighted by atomic mass is 15.3. The number of anilines is 1. The first-order valence-corrected chi connectivity index (χ1v) is 10.9. The summed E-state index contributed by atoms with van der Waals surface area (Å²) >= 11 is 0. The van der Waals surface area contributed by atoms with E-state index in [0.29, 0.717) is 17.5 Å². The quantitative estimate of drug-likeness (QED) is 0.845. The first kappa shape index (κ1) is 17.7. The van der Waals surface area contributed by atoms with E-state index in [1.54, 1.807) is 6.20 Å². The number of aromatic nitrogens is 1. The Hall–Kier alpha value is -3.10. The summed E-state index contributed by atoms with van der Waals surface area (Å²) in [7, 11) is 0. The number of nitriles is 1. The highest BCUT2D eigenvalue weighted by molar-refractivity contribution is 5.95. The normalized spacial score (nSPS) is 23.5. The minimum Gasteiger partial charge on any atom is -0.364 e. The smallest absolute Gasteiger partial charge is 0.101 e. The standard InChI is InChI=1S/C25H25N5/c1-16-13-29(23-7-5-18(10-26)25-22(23)3-2-8-28-25)15-24-21-6-4-17(20-11-27-12-20)9-19(21)14-30(16)24/h2-5,7-9,16,20,27H,6,11-15H2,1H3/t16-/m1/s1. The summed E-state index contributed by atoms with van der Waals surface area (Å²) in [4.78, 5) is 9.59. The lowest BCUT2D eigenvalue weighted by Crippen LogP contribution is -2.49. The van der Waals surface area contributed by atoms with Crippen molar-refractivity contribution in [3.05, 3.63) is 70.6 Å². The van der Waals surface area contributed by atoms with Gasteiger partial charge in [-0.2, -0.15) is 5.26 Å². The fraction of sp³-hybridized carbons (Fsp3) is 0.360. The average Bonchev–Trinajstić information content (AvgIpc) is 3.10. The van der Waals surface area contributed by atoms with Crippen molar-refractivity contribution in [3.8, 4) is 6.07 Å². The van der Waals surface area contributed by atoms with E-state index in [4.69, 9.17) is 0 Å². The third-order valence-electron chi connectivity index (χ3n) is 7.12. The first-order chi connectivity index (χ1) is 14.7. The minimum atomic E-state index is 0.448. The molecule has 30 heavy (non-hydrogen) atoms. The molecule has 0 spiro atoms. The molecule has 4 aliphatic rings. The van der Waals surface area contributed by atoms with E-state index in [9.17, 15) is 5.26 Å². The van der Waals surface area contributed by atoms with Crippen LogP contribution >= 0.6 is 0 Å². The molecule has 4 heterocycles. The van der Waals surface area contributed by atoms with E-state index in [1.807, 2.05) is 12.1 Å². The topological polar surface area (TPSA) is 55.2 Å². The number of allylic oxidation sites excluding steroid dienone is 2. The Bertz CT molecular complexity index is 1180. The molecule has 1 aromatic heterocycles. The zero-order valence-electron chi connectivity index (χ0n) is 17.2. The third kappa shape index (κ3) is 2.60. The van der Waals surface area contributed by atoms with Crippen molar-refractivity contribution >= 4 is 16.6 Å². The van der Waals surface area contributed by atoms with Gasteiger partial charge in [-0.25, -0.2) is 0 Å². The molecular weight excluding hydrogens is 370 g/mol. The molecule has 1 aromatic carbocycles. The van der Waals surface area contributed by atoms with Crippen LogP contribution in [0.1, 0.15) is 18.9 Å². The molecule has 1 aliphatic carbocycles. The monoisotopic (exact) mass is 395 g/mol. The molecule has 0 bridgehead atoms. The first-order valence-electron chi connectivity index (χ1n) is 10.9. The maximum atomic E-state index is 9.48. The van der Waals surface area contributed by atoms with Gasteiger partial charge in [-0.3, -0.25) is 4.98 Å². The van der Waals surface area contributed by atoms with Gasteiger partial charge >= 0.3 is 0 Å². The van der Waals surface area contributed by atoms with Crippen LogP contribution in [-0.2, 0) is 0 Å². The van der Waals surface area contributed by atoms with Gasteiger partial charge in [0, 0.05) is 61.1 Å². The van der Waals surface area contributed by atoms with Crippen LogP contribution in [0.3, 0.4) is 0 Å². The Labute approximate surface area is 177 Å². The number of nitrogens with zero attached hydrogens (tertiary/aromatic N) is 4. The van der Waals surface area contributed by atoms with Crippen LogP contribution in [0.2, 0.25) is 0 Å². The second-order valence-corrected chi connectivity index (χ2v) is 8.86. The van der Waals surface area contributed by atoms with Crippen LogP contribution in [0.25, 0.3) is 10.9 Å². The summed E-state index contributed by atoms with van der Waals surface area (Å²) in [5.74, 6) is 0.702. The molecule has 2 saturated heterocycles. The minimum absolute atomic E-state index is 0.448. The summed E-state index contributed by atoms with van der Waals surface area (Å²) in [5, 5.41) is 13.9. The second kappa shape index (κ2) is 6.72. The van der Waals surface area contributed by atoms with E-state index >= 15 is 0 Å². The average molecular weight is 396 g/mol. The van der Waals surface area contributed by atoms with Gasteiger partial charge in [0.2, 0.25) is 0 Å². The van der Waals surface area contributed by atoms with Gasteiger partial charge in [0.25, 0.3) is 0 Å². The van der Waals surface area contributed by atoms with E-state index < -0.39 is 0 Å². The highest BCUT2D eigenvalue weighted by Gasteiger charge is 2.37. The molecule has 0 radical (unpaired) electrons. The van der Waals surface area contributed by atoms with Crippen LogP contribution in [0.15, 0.2) is 65.0 Å². The number of rotatable bonds is 2. The van der Waals surface area contributed by atoms with Crippen molar-refractivity contribution in [3.63, 3.8) is 0 Å². The number of benzene rings is 1. The maximum Gasteiger partial charge on any atom is 0.101 e. The molecule has 5 heteroatoms. The third-order valence-corrected chi connectivity index (χ3v) is 7.12. The van der Waals surface area contributed by atoms with E-state index in [2.05, 4.69) is 57.4 Å². The lowest BCUT2D eigenvalue weighted by Gasteiger charge is -2.42. The van der Waals surface area contributed by atoms with Gasteiger partial charge in [-0.05, 0) is 54.3 Å². The number of fused-ring (bicyclic) bond motifs is 3. The van der Waals surface area contributed by atoms with Crippen molar-refractivity contribution < 1.29 is 0 Å². The van der Waals surface area contributed by atoms with Crippen molar-refractivity contribution in [2.45, 2.75) is 19.4 Å². The summed E-state index contributed by atoms with van der Waals surface area (Å²) in [5.41, 5.74) is 8.68. The summed E-state index contributed by atoms with van der Waals surface area (Å²) < 4.78 is 0. The van der Waals surface area contributed by atoms with Crippen molar-refractivity contribution in [1.82, 2.24) is 15.2 Å². The molecule has 6 rings (SSSR count). The lowest BCUT2D eigenvalue weighted by atomic mass is 9.85. The predicted molar refractivity (Wildman–Crippen MR) is 119 cm³/mol. The Morgan fingerprint density at radius 2 is 2.10 bits per heavy atom. The SMILES string of the molecule is C[C@@H]1CN(c2ccc(C#N)c3ncccc23)CC2=C3CC=C(C4CNC4)C=C3CN21. The van der Waals surface area contributed by atoms with Gasteiger partial charge in [0.1, 0.15) is 6.07 Å². The van der Waals surface area contributed by atoms with Crippen molar-refractivity contribution in [1.29, 1.82) is 5.26 Å². The fourth-order valence-electron chi connectivity index (χ4n) is 5.38. The molecule has 0 unspecified atom stereocenters. The second-order valence-electron chi connectivity index (χ2n) is 8.86. The Morgan fingerprint density at radius 1 is 1.20 bits per heavy atom. The molecular formula is C25H25N5. The predicted octanol–water partition coefficient (Wildman–Crippen LogP) is 3.36. The zero-order chi connectivity index (χ0) is 20.2. The molecule has 0 saturated carbocycles. The van der Waals surface area contributed by atoms with Gasteiger partial charge in [-0.15, -0.1) is 0 Å². The van der Waals surface area contributed by atoms with Gasteiger partial charge in [0.05, 0.1) is 17.6 Å². The van der Waals surface area contributed by atoms with Crippen LogP contribution in [0, 0.1) is 17.2 Å². The lowest BCUT2D eigenvalue weighted by molar-refractivity contribution is 0.274. The molecule has 1 atom stereocenters. The van der Waals surface area contributed by atoms with Crippen LogP contribution in [-0.4, -0.2) is 48.6 Å². The number of pyridine rings is 1. The summed E-state index contributed by atoms with van der Waals surface area (Å²) in [6, 6.07) is 10.8. The molecule has 2 fully saturated rings.